The highest BCUT2D eigenvalue weighted by Gasteiger charge is 2.26. The molecule has 0 bridgehead atoms. The smallest absolute Gasteiger partial charge is 0.186 e. The highest BCUT2D eigenvalue weighted by Crippen LogP contribution is 2.30. The van der Waals surface area contributed by atoms with Gasteiger partial charge in [-0.05, 0) is 19.1 Å². The molecule has 3 nitrogen and oxygen atoms in total. The Morgan fingerprint density at radius 3 is 2.87 bits per heavy atom. The van der Waals surface area contributed by atoms with Crippen LogP contribution < -0.4 is 10.6 Å². The van der Waals surface area contributed by atoms with Gasteiger partial charge in [-0.15, -0.1) is 0 Å². The van der Waals surface area contributed by atoms with Gasteiger partial charge in [-0.25, -0.2) is 4.98 Å². The third kappa shape index (κ3) is 1.96. The van der Waals surface area contributed by atoms with Gasteiger partial charge >= 0.3 is 0 Å². The summed E-state index contributed by atoms with van der Waals surface area (Å²) in [5.74, 6) is 0. The predicted molar refractivity (Wildman–Crippen MR) is 67.1 cm³/mol. The molecule has 0 amide bonds. The quantitative estimate of drug-likeness (QED) is 0.848. The Kier molecular flexibility index (Phi) is 2.88. The third-order valence-electron chi connectivity index (χ3n) is 2.36. The zero-order valence-corrected chi connectivity index (χ0v) is 9.63. The van der Waals surface area contributed by atoms with Gasteiger partial charge in [0.2, 0.25) is 0 Å². The molecule has 0 aliphatic carbocycles. The molecule has 2 N–H and O–H groups in total. The molecule has 0 aromatic carbocycles. The van der Waals surface area contributed by atoms with Gasteiger partial charge in [0.25, 0.3) is 0 Å². The largest absolute Gasteiger partial charge is 0.345 e. The van der Waals surface area contributed by atoms with E-state index in [2.05, 4.69) is 22.5 Å². The standard InChI is InChI=1S/C11H15N3S/c1-3-5-10-9(4-2)13-11(15-10)14-6-8(12)7-14/h3-5,8H,2,6-7,12H2,1H3. The van der Waals surface area contributed by atoms with Gasteiger partial charge < -0.3 is 10.6 Å². The second-order valence-corrected chi connectivity index (χ2v) is 4.62. The number of allylic oxidation sites excluding steroid dienone is 1. The van der Waals surface area contributed by atoms with E-state index < -0.39 is 0 Å². The highest BCUT2D eigenvalue weighted by atomic mass is 32.1. The molecule has 0 spiro atoms. The maximum atomic E-state index is 5.74. The molecule has 1 aliphatic heterocycles. The SMILES string of the molecule is C=Cc1nc(N2CC(N)C2)sc1C=CC. The van der Waals surface area contributed by atoms with Crippen molar-refractivity contribution in [3.8, 4) is 0 Å². The first kappa shape index (κ1) is 10.4. The van der Waals surface area contributed by atoms with E-state index in [0.29, 0.717) is 6.04 Å². The van der Waals surface area contributed by atoms with Crippen LogP contribution >= 0.6 is 11.3 Å². The monoisotopic (exact) mass is 221 g/mol. The van der Waals surface area contributed by atoms with Crippen LogP contribution in [0, 0.1) is 0 Å². The minimum absolute atomic E-state index is 0.311. The van der Waals surface area contributed by atoms with Crippen molar-refractivity contribution < 1.29 is 0 Å². The molecule has 1 aliphatic rings. The van der Waals surface area contributed by atoms with E-state index in [9.17, 15) is 0 Å². The Labute approximate surface area is 93.9 Å². The number of thiazole rings is 1. The maximum absolute atomic E-state index is 5.74. The van der Waals surface area contributed by atoms with Crippen LogP contribution in [0.15, 0.2) is 12.7 Å². The normalized spacial score (nSPS) is 17.1. The van der Waals surface area contributed by atoms with Crippen LogP contribution in [0.5, 0.6) is 0 Å². The summed E-state index contributed by atoms with van der Waals surface area (Å²) in [7, 11) is 0. The number of nitrogens with two attached hydrogens (primary N) is 1. The van der Waals surface area contributed by atoms with E-state index in [1.165, 1.54) is 4.88 Å². The fraction of sp³-hybridized carbons (Fsp3) is 0.364. The minimum Gasteiger partial charge on any atom is -0.345 e. The van der Waals surface area contributed by atoms with Crippen LogP contribution in [-0.2, 0) is 0 Å². The molecule has 80 valence electrons. The average molecular weight is 221 g/mol. The molecule has 0 atom stereocenters. The molecule has 15 heavy (non-hydrogen) atoms. The van der Waals surface area contributed by atoms with Crippen LogP contribution in [0.4, 0.5) is 5.13 Å². The van der Waals surface area contributed by atoms with E-state index >= 15 is 0 Å². The number of rotatable bonds is 3. The van der Waals surface area contributed by atoms with Crippen LogP contribution in [0.3, 0.4) is 0 Å². The molecule has 1 aromatic heterocycles. The predicted octanol–water partition coefficient (Wildman–Crippen LogP) is 1.97. The lowest BCUT2D eigenvalue weighted by Crippen LogP contribution is -2.55. The molecule has 0 unspecified atom stereocenters. The van der Waals surface area contributed by atoms with Crippen molar-refractivity contribution in [2.24, 2.45) is 5.73 Å². The summed E-state index contributed by atoms with van der Waals surface area (Å²) in [6, 6.07) is 0.311. The van der Waals surface area contributed by atoms with Gasteiger partial charge in [0.15, 0.2) is 5.13 Å². The van der Waals surface area contributed by atoms with Crippen molar-refractivity contribution in [3.63, 3.8) is 0 Å². The number of anilines is 1. The molecule has 0 saturated carbocycles. The summed E-state index contributed by atoms with van der Waals surface area (Å²) in [6.45, 7) is 7.61. The molecule has 2 rings (SSSR count). The lowest BCUT2D eigenvalue weighted by molar-refractivity contribution is 0.518. The average Bonchev–Trinajstić information content (AvgIpc) is 2.57. The summed E-state index contributed by atoms with van der Waals surface area (Å²) in [6.07, 6.45) is 5.89. The molecular formula is C11H15N3S. The van der Waals surface area contributed by atoms with Crippen LogP contribution in [0.1, 0.15) is 17.5 Å². The summed E-state index contributed by atoms with van der Waals surface area (Å²) in [5, 5.41) is 1.06. The Bertz CT molecular complexity index is 389. The van der Waals surface area contributed by atoms with Crippen molar-refractivity contribution in [1.82, 2.24) is 4.98 Å². The highest BCUT2D eigenvalue weighted by molar-refractivity contribution is 7.16. The maximum Gasteiger partial charge on any atom is 0.186 e. The van der Waals surface area contributed by atoms with Gasteiger partial charge in [0.1, 0.15) is 0 Å². The topological polar surface area (TPSA) is 42.2 Å². The van der Waals surface area contributed by atoms with Crippen LogP contribution in [0.25, 0.3) is 12.2 Å². The van der Waals surface area contributed by atoms with Gasteiger partial charge in [-0.2, -0.15) is 0 Å². The number of hydrogen-bond donors (Lipinski definition) is 1. The Morgan fingerprint density at radius 1 is 1.60 bits per heavy atom. The second-order valence-electron chi connectivity index (χ2n) is 3.62. The first-order valence-electron chi connectivity index (χ1n) is 5.01. The third-order valence-corrected chi connectivity index (χ3v) is 3.46. The zero-order chi connectivity index (χ0) is 10.8. The lowest BCUT2D eigenvalue weighted by Gasteiger charge is -2.36. The summed E-state index contributed by atoms with van der Waals surface area (Å²) >= 11 is 1.70. The van der Waals surface area contributed by atoms with Gasteiger partial charge in [-0.1, -0.05) is 24.0 Å². The Morgan fingerprint density at radius 2 is 2.33 bits per heavy atom. The minimum atomic E-state index is 0.311. The first-order valence-corrected chi connectivity index (χ1v) is 5.82. The van der Waals surface area contributed by atoms with E-state index in [0.717, 1.165) is 23.9 Å². The molecule has 1 aromatic rings. The van der Waals surface area contributed by atoms with Crippen LogP contribution in [-0.4, -0.2) is 24.1 Å². The molecule has 1 fully saturated rings. The van der Waals surface area contributed by atoms with Crippen molar-refractivity contribution in [1.29, 1.82) is 0 Å². The van der Waals surface area contributed by atoms with E-state index in [1.54, 1.807) is 17.4 Å². The Hall–Kier alpha value is -1.13. The number of hydrogen-bond acceptors (Lipinski definition) is 4. The fourth-order valence-electron chi connectivity index (χ4n) is 1.55. The van der Waals surface area contributed by atoms with Crippen LogP contribution in [0.2, 0.25) is 0 Å². The second kappa shape index (κ2) is 4.16. The summed E-state index contributed by atoms with van der Waals surface area (Å²) in [5.41, 5.74) is 6.71. The van der Waals surface area contributed by atoms with Gasteiger partial charge in [0, 0.05) is 19.1 Å². The molecule has 1 saturated heterocycles. The Balaban J connectivity index is 2.22. The molecular weight excluding hydrogens is 206 g/mol. The number of aromatic nitrogens is 1. The van der Waals surface area contributed by atoms with E-state index in [1.807, 2.05) is 13.0 Å². The zero-order valence-electron chi connectivity index (χ0n) is 8.81. The summed E-state index contributed by atoms with van der Waals surface area (Å²) < 4.78 is 0. The van der Waals surface area contributed by atoms with Crippen molar-refractivity contribution in [2.45, 2.75) is 13.0 Å². The summed E-state index contributed by atoms with van der Waals surface area (Å²) in [4.78, 5) is 7.90. The molecule has 2 heterocycles. The molecule has 4 heteroatoms. The molecule has 0 radical (unpaired) electrons. The van der Waals surface area contributed by atoms with Crippen molar-refractivity contribution in [3.05, 3.63) is 23.2 Å². The lowest BCUT2D eigenvalue weighted by atomic mass is 10.1. The first-order chi connectivity index (χ1) is 7.24. The number of nitrogens with zero attached hydrogens (tertiary/aromatic N) is 2. The van der Waals surface area contributed by atoms with E-state index in [-0.39, 0.29) is 0 Å². The van der Waals surface area contributed by atoms with Gasteiger partial charge in [-0.3, -0.25) is 0 Å². The van der Waals surface area contributed by atoms with Crippen molar-refractivity contribution >= 4 is 28.6 Å². The van der Waals surface area contributed by atoms with Gasteiger partial charge in [0.05, 0.1) is 10.6 Å². The van der Waals surface area contributed by atoms with Crippen molar-refractivity contribution in [2.75, 3.05) is 18.0 Å². The van der Waals surface area contributed by atoms with E-state index in [4.69, 9.17) is 5.73 Å². The fourth-order valence-corrected chi connectivity index (χ4v) is 2.61.